The minimum atomic E-state index is -0.819. The molecule has 0 bridgehead atoms. The second-order valence-electron chi connectivity index (χ2n) is 8.14. The number of methoxy groups -OCH3 is 1. The van der Waals surface area contributed by atoms with E-state index >= 15 is 0 Å². The number of ether oxygens (including phenoxy) is 1. The minimum absolute atomic E-state index is 0.299. The number of nitrogens with zero attached hydrogens (tertiary/aromatic N) is 1. The van der Waals surface area contributed by atoms with Crippen LogP contribution in [0.3, 0.4) is 0 Å². The number of hydrogen-bond donors (Lipinski definition) is 3. The Hall–Kier alpha value is -3.32. The summed E-state index contributed by atoms with van der Waals surface area (Å²) in [6, 6.07) is 15.9. The maximum absolute atomic E-state index is 11.9. The largest absolute Gasteiger partial charge is 0.497 e. The summed E-state index contributed by atoms with van der Waals surface area (Å²) in [6.07, 6.45) is 2.34. The first-order valence-corrected chi connectivity index (χ1v) is 11.4. The van der Waals surface area contributed by atoms with Crippen molar-refractivity contribution in [3.05, 3.63) is 65.2 Å². The molecule has 0 aliphatic heterocycles. The lowest BCUT2D eigenvalue weighted by Gasteiger charge is -2.13. The summed E-state index contributed by atoms with van der Waals surface area (Å²) in [5.41, 5.74) is 3.96. The Morgan fingerprint density at radius 2 is 2.06 bits per heavy atom. The van der Waals surface area contributed by atoms with Gasteiger partial charge >= 0.3 is 5.97 Å². The molecule has 3 N–H and O–H groups in total. The first-order chi connectivity index (χ1) is 15.4. The van der Waals surface area contributed by atoms with E-state index in [2.05, 4.69) is 24.1 Å². The van der Waals surface area contributed by atoms with Gasteiger partial charge in [0.1, 0.15) is 5.75 Å². The molecule has 0 aliphatic carbocycles. The van der Waals surface area contributed by atoms with Gasteiger partial charge in [0, 0.05) is 28.7 Å². The molecule has 0 fully saturated rings. The molecule has 0 saturated heterocycles. The lowest BCUT2D eigenvalue weighted by molar-refractivity contribution is -0.141. The van der Waals surface area contributed by atoms with E-state index < -0.39 is 11.9 Å². The van der Waals surface area contributed by atoms with E-state index in [1.165, 1.54) is 0 Å². The van der Waals surface area contributed by atoms with Crippen LogP contribution in [0.15, 0.2) is 54.7 Å². The normalized spacial score (nSPS) is 12.2. The zero-order valence-corrected chi connectivity index (χ0v) is 19.2. The monoisotopic (exact) mass is 449 g/mol. The van der Waals surface area contributed by atoms with Crippen LogP contribution in [0.5, 0.6) is 5.75 Å². The van der Waals surface area contributed by atoms with Crippen LogP contribution in [-0.2, 0) is 11.2 Å². The molecular formula is C25H27N3O3S. The Morgan fingerprint density at radius 1 is 1.22 bits per heavy atom. The van der Waals surface area contributed by atoms with Crippen molar-refractivity contribution in [3.63, 3.8) is 0 Å². The van der Waals surface area contributed by atoms with Gasteiger partial charge in [-0.1, -0.05) is 32.0 Å². The summed E-state index contributed by atoms with van der Waals surface area (Å²) in [4.78, 5) is 21.1. The summed E-state index contributed by atoms with van der Waals surface area (Å²) >= 11 is 1.58. The van der Waals surface area contributed by atoms with E-state index in [1.807, 2.05) is 54.7 Å². The quantitative estimate of drug-likeness (QED) is 0.302. The van der Waals surface area contributed by atoms with E-state index in [9.17, 15) is 9.90 Å². The van der Waals surface area contributed by atoms with Crippen LogP contribution in [0.2, 0.25) is 0 Å². The lowest BCUT2D eigenvalue weighted by atomic mass is 9.98. The number of H-pyrrole nitrogens is 1. The molecule has 0 radical (unpaired) electrons. The van der Waals surface area contributed by atoms with Crippen molar-refractivity contribution in [1.29, 1.82) is 0 Å². The van der Waals surface area contributed by atoms with Crippen LogP contribution >= 0.6 is 11.3 Å². The fraction of sp³-hybridized carbons (Fsp3) is 0.280. The third-order valence-corrected chi connectivity index (χ3v) is 6.78. The van der Waals surface area contributed by atoms with Gasteiger partial charge in [0.2, 0.25) is 0 Å². The predicted molar refractivity (Wildman–Crippen MR) is 130 cm³/mol. The summed E-state index contributed by atoms with van der Waals surface area (Å²) in [5.74, 6) is -0.295. The van der Waals surface area contributed by atoms with Crippen LogP contribution in [0.4, 0.5) is 5.13 Å². The van der Waals surface area contributed by atoms with Gasteiger partial charge in [-0.2, -0.15) is 0 Å². The molecule has 4 aromatic rings. The molecule has 0 saturated carbocycles. The number of nitrogens with one attached hydrogen (secondary N) is 2. The van der Waals surface area contributed by atoms with E-state index in [-0.39, 0.29) is 0 Å². The number of carbonyl (C=O) groups is 1. The summed E-state index contributed by atoms with van der Waals surface area (Å²) in [7, 11) is 1.65. The molecule has 2 heterocycles. The number of hydrogen-bond acceptors (Lipinski definition) is 5. The average molecular weight is 450 g/mol. The first kappa shape index (κ1) is 21.9. The van der Waals surface area contributed by atoms with E-state index in [1.54, 1.807) is 18.4 Å². The van der Waals surface area contributed by atoms with Crippen molar-refractivity contribution in [2.75, 3.05) is 19.0 Å². The van der Waals surface area contributed by atoms with Crippen molar-refractivity contribution in [3.8, 4) is 17.0 Å². The molecule has 4 rings (SSSR count). The van der Waals surface area contributed by atoms with Gasteiger partial charge in [-0.3, -0.25) is 4.79 Å². The number of carboxylic acid groups (broad SMARTS) is 1. The molecule has 0 spiro atoms. The van der Waals surface area contributed by atoms with Crippen molar-refractivity contribution in [1.82, 2.24) is 9.97 Å². The fourth-order valence-corrected chi connectivity index (χ4v) is 4.74. The standard InChI is InChI=1S/C25H27N3O3S/c1-15(2)23-22(18-5-4-6-20(13-18)31-3)28-25(32-23)27-14-19(24(29)30)12-16-7-8-21-17(11-16)9-10-26-21/h4-11,13,15,19,26H,12,14H2,1-3H3,(H,27,28)(H,29,30). The summed E-state index contributed by atoms with van der Waals surface area (Å²) < 4.78 is 5.36. The number of carboxylic acids is 1. The maximum atomic E-state index is 11.9. The Kier molecular flexibility index (Phi) is 6.46. The number of aliphatic carboxylic acids is 1. The lowest BCUT2D eigenvalue weighted by Crippen LogP contribution is -2.25. The molecule has 6 nitrogen and oxygen atoms in total. The second-order valence-corrected chi connectivity index (χ2v) is 9.17. The average Bonchev–Trinajstić information content (AvgIpc) is 3.43. The number of aromatic nitrogens is 2. The highest BCUT2D eigenvalue weighted by atomic mass is 32.1. The number of benzene rings is 2. The van der Waals surface area contributed by atoms with Gasteiger partial charge in [-0.25, -0.2) is 4.98 Å². The highest BCUT2D eigenvalue weighted by Crippen LogP contribution is 2.37. The number of rotatable bonds is 9. The molecule has 0 amide bonds. The highest BCUT2D eigenvalue weighted by Gasteiger charge is 2.21. The molecule has 166 valence electrons. The zero-order chi connectivity index (χ0) is 22.7. The van der Waals surface area contributed by atoms with Crippen LogP contribution in [-0.4, -0.2) is 34.7 Å². The zero-order valence-electron chi connectivity index (χ0n) is 18.4. The van der Waals surface area contributed by atoms with E-state index in [4.69, 9.17) is 9.72 Å². The third-order valence-electron chi connectivity index (χ3n) is 5.47. The number of aromatic amines is 1. The molecule has 7 heteroatoms. The number of thiazole rings is 1. The summed E-state index contributed by atoms with van der Waals surface area (Å²) in [6.45, 7) is 4.58. The predicted octanol–water partition coefficient (Wildman–Crippen LogP) is 5.78. The first-order valence-electron chi connectivity index (χ1n) is 10.6. The Balaban J connectivity index is 1.52. The molecule has 1 atom stereocenters. The third kappa shape index (κ3) is 4.78. The van der Waals surface area contributed by atoms with Gasteiger partial charge in [-0.05, 0) is 53.6 Å². The van der Waals surface area contributed by atoms with Gasteiger partial charge in [0.05, 0.1) is 18.7 Å². The number of anilines is 1. The highest BCUT2D eigenvalue weighted by molar-refractivity contribution is 7.16. The van der Waals surface area contributed by atoms with Crippen LogP contribution < -0.4 is 10.1 Å². The Morgan fingerprint density at radius 3 is 2.81 bits per heavy atom. The second kappa shape index (κ2) is 9.44. The number of fused-ring (bicyclic) bond motifs is 1. The van der Waals surface area contributed by atoms with Crippen molar-refractivity contribution in [2.24, 2.45) is 5.92 Å². The van der Waals surface area contributed by atoms with Crippen molar-refractivity contribution < 1.29 is 14.6 Å². The van der Waals surface area contributed by atoms with E-state index in [0.717, 1.165) is 43.5 Å². The molecule has 2 aromatic heterocycles. The topological polar surface area (TPSA) is 87.2 Å². The van der Waals surface area contributed by atoms with E-state index in [0.29, 0.717) is 18.9 Å². The smallest absolute Gasteiger partial charge is 0.308 e. The molecule has 0 aliphatic rings. The van der Waals surface area contributed by atoms with Gasteiger partial charge < -0.3 is 20.1 Å². The van der Waals surface area contributed by atoms with Gasteiger partial charge in [-0.15, -0.1) is 11.3 Å². The summed E-state index contributed by atoms with van der Waals surface area (Å²) in [5, 5.41) is 14.9. The fourth-order valence-electron chi connectivity index (χ4n) is 3.75. The van der Waals surface area contributed by atoms with Crippen molar-refractivity contribution >= 4 is 33.3 Å². The Bertz CT molecular complexity index is 1230. The van der Waals surface area contributed by atoms with Crippen LogP contribution in [0, 0.1) is 5.92 Å². The van der Waals surface area contributed by atoms with Crippen LogP contribution in [0.1, 0.15) is 30.2 Å². The van der Waals surface area contributed by atoms with Crippen LogP contribution in [0.25, 0.3) is 22.2 Å². The molecule has 1 unspecified atom stereocenters. The molecular weight excluding hydrogens is 422 g/mol. The van der Waals surface area contributed by atoms with Gasteiger partial charge in [0.25, 0.3) is 0 Å². The minimum Gasteiger partial charge on any atom is -0.497 e. The maximum Gasteiger partial charge on any atom is 0.308 e. The molecule has 32 heavy (non-hydrogen) atoms. The molecule has 2 aromatic carbocycles. The van der Waals surface area contributed by atoms with Crippen molar-refractivity contribution in [2.45, 2.75) is 26.2 Å². The van der Waals surface area contributed by atoms with Gasteiger partial charge in [0.15, 0.2) is 5.13 Å². The Labute approximate surface area is 191 Å². The SMILES string of the molecule is COc1cccc(-c2nc(NCC(Cc3ccc4[nH]ccc4c3)C(=O)O)sc2C(C)C)c1.